The van der Waals surface area contributed by atoms with Gasteiger partial charge in [-0.1, -0.05) is 18.2 Å². The Hall–Kier alpha value is -4.78. The van der Waals surface area contributed by atoms with Gasteiger partial charge in [0.15, 0.2) is 21.4 Å². The normalized spacial score (nSPS) is 16.2. The number of aromatic amines is 1. The van der Waals surface area contributed by atoms with E-state index in [0.717, 1.165) is 29.5 Å². The summed E-state index contributed by atoms with van der Waals surface area (Å²) >= 11 is 0. The fourth-order valence-electron chi connectivity index (χ4n) is 5.75. The van der Waals surface area contributed by atoms with E-state index in [1.807, 2.05) is 25.1 Å². The number of halogens is 3. The summed E-state index contributed by atoms with van der Waals surface area (Å²) in [7, 11) is -4.10. The summed E-state index contributed by atoms with van der Waals surface area (Å²) in [5, 5.41) is -0.0925. The van der Waals surface area contributed by atoms with Crippen LogP contribution in [0.2, 0.25) is 0 Å². The average molecular weight is 655 g/mol. The van der Waals surface area contributed by atoms with Gasteiger partial charge < -0.3 is 23.6 Å². The molecule has 0 saturated heterocycles. The van der Waals surface area contributed by atoms with E-state index in [9.17, 15) is 17.6 Å². The van der Waals surface area contributed by atoms with Gasteiger partial charge in [0.2, 0.25) is 11.7 Å². The summed E-state index contributed by atoms with van der Waals surface area (Å²) in [5.74, 6) is -4.40. The second kappa shape index (κ2) is 11.9. The number of nitrogens with one attached hydrogen (secondary N) is 1. The first-order valence-corrected chi connectivity index (χ1v) is 16.3. The first kappa shape index (κ1) is 31.2. The first-order chi connectivity index (χ1) is 21.9. The summed E-state index contributed by atoms with van der Waals surface area (Å²) in [4.78, 5) is 18.5. The minimum atomic E-state index is -4.10. The predicted molar refractivity (Wildman–Crippen MR) is 161 cm³/mol. The lowest BCUT2D eigenvalue weighted by molar-refractivity contribution is -0.143. The Balaban J connectivity index is 1.35. The zero-order valence-corrected chi connectivity index (χ0v) is 25.9. The third-order valence-corrected chi connectivity index (χ3v) is 9.23. The largest absolute Gasteiger partial charge is 0.493 e. The number of ether oxygens (including phenoxy) is 3. The number of hydrogen-bond acceptors (Lipinski definition) is 8. The Bertz CT molecular complexity index is 2090. The van der Waals surface area contributed by atoms with Crippen molar-refractivity contribution in [2.24, 2.45) is 0 Å². The van der Waals surface area contributed by atoms with Gasteiger partial charge in [-0.2, -0.15) is 4.39 Å². The summed E-state index contributed by atoms with van der Waals surface area (Å²) in [6.45, 7) is 4.36. The Kier molecular flexibility index (Phi) is 8.05. The zero-order chi connectivity index (χ0) is 32.8. The first-order valence-electron chi connectivity index (χ1n) is 14.4. The highest BCUT2D eigenvalue weighted by Gasteiger charge is 2.39. The van der Waals surface area contributed by atoms with E-state index >= 15 is 8.78 Å². The van der Waals surface area contributed by atoms with Gasteiger partial charge in [-0.05, 0) is 56.5 Å². The van der Waals surface area contributed by atoms with Crippen molar-refractivity contribution in [2.75, 3.05) is 19.5 Å². The summed E-state index contributed by atoms with van der Waals surface area (Å²) < 4.78 is 92.9. The minimum absolute atomic E-state index is 0.0925. The van der Waals surface area contributed by atoms with Gasteiger partial charge in [0.05, 0.1) is 30.0 Å². The number of fused-ring (bicyclic) bond motifs is 2. The molecule has 13 heteroatoms. The molecule has 1 N–H and O–H groups in total. The molecule has 0 amide bonds. The van der Waals surface area contributed by atoms with Crippen LogP contribution in [0.1, 0.15) is 43.5 Å². The number of sulfone groups is 1. The molecule has 0 bridgehead atoms. The number of nitrogens with zero attached hydrogens (tertiary/aromatic N) is 1. The van der Waals surface area contributed by atoms with E-state index in [1.165, 1.54) is 24.6 Å². The lowest BCUT2D eigenvalue weighted by Crippen LogP contribution is -2.32. The quantitative estimate of drug-likeness (QED) is 0.133. The number of esters is 1. The van der Waals surface area contributed by atoms with Gasteiger partial charge >= 0.3 is 5.97 Å². The highest BCUT2D eigenvalue weighted by Crippen LogP contribution is 2.46. The Morgan fingerprint density at radius 2 is 1.93 bits per heavy atom. The second-order valence-electron chi connectivity index (χ2n) is 11.1. The third-order valence-electron chi connectivity index (χ3n) is 8.08. The fourth-order valence-corrected chi connectivity index (χ4v) is 6.78. The van der Waals surface area contributed by atoms with Crippen molar-refractivity contribution in [1.29, 1.82) is 0 Å². The van der Waals surface area contributed by atoms with Crippen molar-refractivity contribution >= 4 is 26.7 Å². The van der Waals surface area contributed by atoms with Crippen LogP contribution in [0.15, 0.2) is 64.2 Å². The van der Waals surface area contributed by atoms with Gasteiger partial charge in [-0.25, -0.2) is 22.2 Å². The van der Waals surface area contributed by atoms with Gasteiger partial charge in [0.25, 0.3) is 0 Å². The molecule has 1 aliphatic rings. The molecule has 46 heavy (non-hydrogen) atoms. The van der Waals surface area contributed by atoms with Crippen LogP contribution in [0.5, 0.6) is 17.2 Å². The molecule has 1 aliphatic heterocycles. The van der Waals surface area contributed by atoms with E-state index in [2.05, 4.69) is 9.97 Å². The summed E-state index contributed by atoms with van der Waals surface area (Å²) in [6.07, 6.45) is 4.68. The van der Waals surface area contributed by atoms with Crippen LogP contribution in [-0.2, 0) is 31.2 Å². The third kappa shape index (κ3) is 5.48. The fraction of sp³-hybridized carbons (Fsp3) is 0.273. The van der Waals surface area contributed by atoms with Gasteiger partial charge in [0, 0.05) is 35.2 Å². The van der Waals surface area contributed by atoms with E-state index in [0.29, 0.717) is 37.5 Å². The molecule has 1 unspecified atom stereocenters. The van der Waals surface area contributed by atoms with Gasteiger partial charge in [0.1, 0.15) is 28.5 Å². The number of oxazole rings is 1. The van der Waals surface area contributed by atoms with Crippen LogP contribution >= 0.6 is 0 Å². The number of carbonyl (C=O) groups is 1. The monoisotopic (exact) mass is 654 g/mol. The standard InChI is InChI=1S/C33H29F3N2O7S/c1-4-42-25(39)11-8-18-6-5-7-22-29(18)43-15-13-33(22,2)24-17-44-32(38-24)21-16-19(9-10-23(21)34)45-30-27(36)26(35)28-20(12-14-37-28)31(30)46(3,40)41/h5-7,9-10,12,14,16-17,37H,4,8,11,13,15H2,1-3H3. The Labute approximate surface area is 262 Å². The lowest BCUT2D eigenvalue weighted by Gasteiger charge is -2.35. The summed E-state index contributed by atoms with van der Waals surface area (Å²) in [5.41, 5.74) is 0.982. The highest BCUT2D eigenvalue weighted by atomic mass is 32.2. The maximum absolute atomic E-state index is 15.2. The SMILES string of the molecule is CCOC(=O)CCc1cccc2c1OCCC2(C)c1coc(-c2cc(Oc3c(F)c(F)c4[nH]ccc4c3S(C)(=O)=O)ccc2F)n1. The minimum Gasteiger partial charge on any atom is -0.493 e. The molecule has 3 aromatic carbocycles. The van der Waals surface area contributed by atoms with Crippen LogP contribution in [-0.4, -0.2) is 43.8 Å². The van der Waals surface area contributed by atoms with Crippen molar-refractivity contribution in [3.05, 3.63) is 89.2 Å². The predicted octanol–water partition coefficient (Wildman–Crippen LogP) is 7.02. The topological polar surface area (TPSA) is 121 Å². The summed E-state index contributed by atoms with van der Waals surface area (Å²) in [6, 6.07) is 10.3. The molecule has 6 rings (SSSR count). The highest BCUT2D eigenvalue weighted by molar-refractivity contribution is 7.91. The molecule has 0 spiro atoms. The number of aromatic nitrogens is 2. The Morgan fingerprint density at radius 3 is 2.70 bits per heavy atom. The van der Waals surface area contributed by atoms with Gasteiger partial charge in [-0.3, -0.25) is 4.79 Å². The number of aryl methyl sites for hydroxylation is 1. The molecule has 5 aromatic rings. The Morgan fingerprint density at radius 1 is 1.13 bits per heavy atom. The molecule has 0 aliphatic carbocycles. The molecule has 0 radical (unpaired) electrons. The maximum atomic E-state index is 15.2. The lowest BCUT2D eigenvalue weighted by atomic mass is 9.74. The van der Waals surface area contributed by atoms with E-state index in [4.69, 9.17) is 18.6 Å². The van der Waals surface area contributed by atoms with Crippen molar-refractivity contribution < 1.29 is 45.0 Å². The molecular weight excluding hydrogens is 625 g/mol. The van der Waals surface area contributed by atoms with Crippen LogP contribution in [0, 0.1) is 17.5 Å². The van der Waals surface area contributed by atoms with Crippen LogP contribution in [0.25, 0.3) is 22.4 Å². The van der Waals surface area contributed by atoms with Crippen LogP contribution in [0.3, 0.4) is 0 Å². The van der Waals surface area contributed by atoms with Crippen LogP contribution in [0.4, 0.5) is 13.2 Å². The number of rotatable bonds is 9. The van der Waals surface area contributed by atoms with Crippen molar-refractivity contribution in [2.45, 2.75) is 43.4 Å². The molecule has 2 aromatic heterocycles. The van der Waals surface area contributed by atoms with Crippen molar-refractivity contribution in [1.82, 2.24) is 9.97 Å². The van der Waals surface area contributed by atoms with E-state index in [-0.39, 0.29) is 40.5 Å². The molecule has 1 atom stereocenters. The van der Waals surface area contributed by atoms with Crippen molar-refractivity contribution in [3.8, 4) is 28.7 Å². The number of H-pyrrole nitrogens is 1. The maximum Gasteiger partial charge on any atom is 0.306 e. The number of carbonyl (C=O) groups excluding carboxylic acids is 1. The van der Waals surface area contributed by atoms with Crippen molar-refractivity contribution in [3.63, 3.8) is 0 Å². The molecule has 240 valence electrons. The zero-order valence-electron chi connectivity index (χ0n) is 25.1. The molecule has 9 nitrogen and oxygen atoms in total. The van der Waals surface area contributed by atoms with E-state index in [1.54, 1.807) is 6.92 Å². The second-order valence-corrected chi connectivity index (χ2v) is 13.1. The number of hydrogen-bond donors (Lipinski definition) is 1. The molecular formula is C33H29F3N2O7S. The van der Waals surface area contributed by atoms with Gasteiger partial charge in [-0.15, -0.1) is 0 Å². The molecule has 0 fully saturated rings. The molecule has 0 saturated carbocycles. The molecule has 3 heterocycles. The van der Waals surface area contributed by atoms with Crippen LogP contribution < -0.4 is 9.47 Å². The average Bonchev–Trinajstić information content (AvgIpc) is 3.71. The smallest absolute Gasteiger partial charge is 0.306 e. The number of para-hydroxylation sites is 1. The number of benzene rings is 3. The van der Waals surface area contributed by atoms with E-state index < -0.39 is 43.3 Å².